The van der Waals surface area contributed by atoms with Crippen LogP contribution in [0.4, 0.5) is 5.69 Å². The highest BCUT2D eigenvalue weighted by molar-refractivity contribution is 5.95. The number of morpholine rings is 1. The van der Waals surface area contributed by atoms with Crippen LogP contribution in [0.3, 0.4) is 0 Å². The first-order chi connectivity index (χ1) is 14.7. The zero-order valence-electron chi connectivity index (χ0n) is 18.0. The summed E-state index contributed by atoms with van der Waals surface area (Å²) in [6.07, 6.45) is 1.78. The van der Waals surface area contributed by atoms with Crippen molar-refractivity contribution >= 4 is 11.6 Å². The Labute approximate surface area is 180 Å². The molecule has 2 aromatic carbocycles. The summed E-state index contributed by atoms with van der Waals surface area (Å²) in [5, 5.41) is 0. The van der Waals surface area contributed by atoms with Gasteiger partial charge in [-0.1, -0.05) is 54.6 Å². The highest BCUT2D eigenvalue weighted by Gasteiger charge is 2.24. The lowest BCUT2D eigenvalue weighted by molar-refractivity contribution is -0.120. The molecule has 1 amide bonds. The number of nitrogens with zero attached hydrogens (tertiary/aromatic N) is 3. The van der Waals surface area contributed by atoms with Crippen molar-refractivity contribution < 1.29 is 9.53 Å². The second kappa shape index (κ2) is 11.6. The summed E-state index contributed by atoms with van der Waals surface area (Å²) in [6, 6.07) is 20.4. The Morgan fingerprint density at radius 1 is 1.10 bits per heavy atom. The summed E-state index contributed by atoms with van der Waals surface area (Å²) in [5.41, 5.74) is 2.12. The lowest BCUT2D eigenvalue weighted by Crippen LogP contribution is -2.49. The highest BCUT2D eigenvalue weighted by Crippen LogP contribution is 2.16. The van der Waals surface area contributed by atoms with Gasteiger partial charge in [-0.25, -0.2) is 0 Å². The average Bonchev–Trinajstić information content (AvgIpc) is 2.79. The molecule has 0 aliphatic carbocycles. The van der Waals surface area contributed by atoms with Crippen molar-refractivity contribution in [2.45, 2.75) is 19.5 Å². The van der Waals surface area contributed by atoms with Gasteiger partial charge in [-0.05, 0) is 24.6 Å². The Kier molecular flexibility index (Phi) is 8.63. The molecule has 1 aliphatic rings. The first-order valence-corrected chi connectivity index (χ1v) is 10.7. The summed E-state index contributed by atoms with van der Waals surface area (Å²) in [5.74, 6) is 0.0888. The van der Waals surface area contributed by atoms with Gasteiger partial charge in [0.25, 0.3) is 0 Å². The smallest absolute Gasteiger partial charge is 0.241 e. The third kappa shape index (κ3) is 6.52. The molecule has 0 bridgehead atoms. The van der Waals surface area contributed by atoms with Crippen LogP contribution in [0.5, 0.6) is 0 Å². The molecule has 1 atom stereocenters. The molecule has 1 unspecified atom stereocenters. The number of hydrogen-bond donors (Lipinski definition) is 0. The number of anilines is 1. The van der Waals surface area contributed by atoms with Crippen molar-refractivity contribution in [3.05, 3.63) is 78.9 Å². The van der Waals surface area contributed by atoms with E-state index in [2.05, 4.69) is 47.6 Å². The quantitative estimate of drug-likeness (QED) is 0.566. The van der Waals surface area contributed by atoms with Crippen molar-refractivity contribution in [3.63, 3.8) is 0 Å². The van der Waals surface area contributed by atoms with E-state index in [1.54, 1.807) is 6.08 Å². The summed E-state index contributed by atoms with van der Waals surface area (Å²) in [6.45, 7) is 12.1. The van der Waals surface area contributed by atoms with Crippen LogP contribution in [-0.4, -0.2) is 67.7 Å². The largest absolute Gasteiger partial charge is 0.379 e. The van der Waals surface area contributed by atoms with Gasteiger partial charge >= 0.3 is 0 Å². The van der Waals surface area contributed by atoms with Gasteiger partial charge in [-0.15, -0.1) is 6.58 Å². The van der Waals surface area contributed by atoms with E-state index in [1.807, 2.05) is 41.3 Å². The van der Waals surface area contributed by atoms with Crippen LogP contribution < -0.4 is 4.90 Å². The number of ether oxygens (including phenoxy) is 1. The fraction of sp³-hybridized carbons (Fsp3) is 0.400. The Balaban J connectivity index is 1.74. The molecule has 0 saturated carbocycles. The van der Waals surface area contributed by atoms with E-state index >= 15 is 0 Å². The molecule has 1 aliphatic heterocycles. The third-order valence-corrected chi connectivity index (χ3v) is 5.50. The summed E-state index contributed by atoms with van der Waals surface area (Å²) >= 11 is 0. The van der Waals surface area contributed by atoms with Crippen LogP contribution in [0, 0.1) is 0 Å². The maximum absolute atomic E-state index is 13.3. The summed E-state index contributed by atoms with van der Waals surface area (Å²) in [4.78, 5) is 19.9. The molecule has 0 radical (unpaired) electrons. The fourth-order valence-corrected chi connectivity index (χ4v) is 3.81. The second-order valence-electron chi connectivity index (χ2n) is 7.78. The first kappa shape index (κ1) is 22.2. The molecule has 0 aromatic heterocycles. The minimum absolute atomic E-state index is 0.0888. The van der Waals surface area contributed by atoms with Gasteiger partial charge in [0.2, 0.25) is 5.91 Å². The molecule has 5 nitrogen and oxygen atoms in total. The molecule has 0 spiro atoms. The van der Waals surface area contributed by atoms with Crippen LogP contribution in [0.15, 0.2) is 73.3 Å². The topological polar surface area (TPSA) is 36.0 Å². The predicted molar refractivity (Wildman–Crippen MR) is 123 cm³/mol. The SMILES string of the molecule is C=CCN(C(=O)CN(Cc1ccccc1)C(C)CN1CCOCC1)c1ccccc1. The van der Waals surface area contributed by atoms with Gasteiger partial charge in [0, 0.05) is 44.5 Å². The normalized spacial score (nSPS) is 15.7. The molecule has 160 valence electrons. The minimum atomic E-state index is 0.0888. The van der Waals surface area contributed by atoms with Gasteiger partial charge in [0.05, 0.1) is 19.8 Å². The molecule has 5 heteroatoms. The van der Waals surface area contributed by atoms with Crippen LogP contribution in [0.1, 0.15) is 12.5 Å². The Morgan fingerprint density at radius 2 is 1.73 bits per heavy atom. The number of amides is 1. The summed E-state index contributed by atoms with van der Waals surface area (Å²) < 4.78 is 5.48. The molecule has 30 heavy (non-hydrogen) atoms. The van der Waals surface area contributed by atoms with Crippen LogP contribution in [-0.2, 0) is 16.1 Å². The lowest BCUT2D eigenvalue weighted by atomic mass is 10.1. The van der Waals surface area contributed by atoms with E-state index in [4.69, 9.17) is 4.74 Å². The predicted octanol–water partition coefficient (Wildman–Crippen LogP) is 3.43. The van der Waals surface area contributed by atoms with E-state index in [-0.39, 0.29) is 11.9 Å². The standard InChI is InChI=1S/C25H33N3O2/c1-3-14-28(24-12-8-5-9-13-24)25(29)21-27(20-23-10-6-4-7-11-23)22(2)19-26-15-17-30-18-16-26/h3-13,22H,1,14-21H2,2H3. The van der Waals surface area contributed by atoms with Crippen LogP contribution in [0.2, 0.25) is 0 Å². The van der Waals surface area contributed by atoms with Crippen LogP contribution >= 0.6 is 0 Å². The van der Waals surface area contributed by atoms with E-state index in [0.717, 1.165) is 45.1 Å². The molecule has 1 saturated heterocycles. The Bertz CT molecular complexity index is 775. The van der Waals surface area contributed by atoms with Gasteiger partial charge in [-0.3, -0.25) is 14.6 Å². The molecule has 2 aromatic rings. The van der Waals surface area contributed by atoms with Crippen molar-refractivity contribution in [1.82, 2.24) is 9.80 Å². The van der Waals surface area contributed by atoms with Gasteiger partial charge in [-0.2, -0.15) is 0 Å². The van der Waals surface area contributed by atoms with E-state index < -0.39 is 0 Å². The van der Waals surface area contributed by atoms with Gasteiger partial charge < -0.3 is 9.64 Å². The molecule has 3 rings (SSSR count). The highest BCUT2D eigenvalue weighted by atomic mass is 16.5. The number of hydrogen-bond acceptors (Lipinski definition) is 4. The molecule has 1 fully saturated rings. The van der Waals surface area contributed by atoms with E-state index in [9.17, 15) is 4.79 Å². The minimum Gasteiger partial charge on any atom is -0.379 e. The lowest BCUT2D eigenvalue weighted by Gasteiger charge is -2.35. The number of benzene rings is 2. The molecular formula is C25H33N3O2. The van der Waals surface area contributed by atoms with E-state index in [0.29, 0.717) is 13.1 Å². The maximum Gasteiger partial charge on any atom is 0.241 e. The Morgan fingerprint density at radius 3 is 2.37 bits per heavy atom. The summed E-state index contributed by atoms with van der Waals surface area (Å²) in [7, 11) is 0. The number of para-hydroxylation sites is 1. The molecule has 1 heterocycles. The Hall–Kier alpha value is -2.47. The van der Waals surface area contributed by atoms with E-state index in [1.165, 1.54) is 5.56 Å². The first-order valence-electron chi connectivity index (χ1n) is 10.7. The van der Waals surface area contributed by atoms with Crippen molar-refractivity contribution in [2.24, 2.45) is 0 Å². The second-order valence-corrected chi connectivity index (χ2v) is 7.78. The van der Waals surface area contributed by atoms with Crippen molar-refractivity contribution in [2.75, 3.05) is 50.8 Å². The third-order valence-electron chi connectivity index (χ3n) is 5.50. The maximum atomic E-state index is 13.3. The number of rotatable bonds is 10. The van der Waals surface area contributed by atoms with Gasteiger partial charge in [0.1, 0.15) is 0 Å². The monoisotopic (exact) mass is 407 g/mol. The number of carbonyl (C=O) groups is 1. The van der Waals surface area contributed by atoms with Crippen molar-refractivity contribution in [3.8, 4) is 0 Å². The van der Waals surface area contributed by atoms with Crippen LogP contribution in [0.25, 0.3) is 0 Å². The average molecular weight is 408 g/mol. The van der Waals surface area contributed by atoms with Gasteiger partial charge in [0.15, 0.2) is 0 Å². The fourth-order valence-electron chi connectivity index (χ4n) is 3.81. The molecule has 0 N–H and O–H groups in total. The zero-order valence-corrected chi connectivity index (χ0v) is 18.0. The molecular weight excluding hydrogens is 374 g/mol. The zero-order chi connectivity index (χ0) is 21.2. The number of carbonyl (C=O) groups excluding carboxylic acids is 1. The van der Waals surface area contributed by atoms with Crippen molar-refractivity contribution in [1.29, 1.82) is 0 Å².